The Morgan fingerprint density at radius 2 is 1.79 bits per heavy atom. The number of hydrogen-bond donors (Lipinski definition) is 0. The highest BCUT2D eigenvalue weighted by Crippen LogP contribution is 2.21. The van der Waals surface area contributed by atoms with Crippen molar-refractivity contribution in [1.82, 2.24) is 14.7 Å². The largest absolute Gasteiger partial charge is 0.363 e. The molecule has 0 bridgehead atoms. The van der Waals surface area contributed by atoms with Gasteiger partial charge in [0.25, 0.3) is 5.69 Å². The van der Waals surface area contributed by atoms with E-state index in [9.17, 15) is 19.7 Å². The third-order valence-corrected chi connectivity index (χ3v) is 4.36. The van der Waals surface area contributed by atoms with Crippen LogP contribution in [0.3, 0.4) is 0 Å². The fourth-order valence-electron chi connectivity index (χ4n) is 2.90. The second-order valence-electron chi connectivity index (χ2n) is 6.02. The van der Waals surface area contributed by atoms with Gasteiger partial charge < -0.3 is 9.09 Å². The zero-order valence-corrected chi connectivity index (χ0v) is 14.5. The van der Waals surface area contributed by atoms with Crippen LogP contribution in [0, 0.1) is 10.1 Å². The van der Waals surface area contributed by atoms with Crippen LogP contribution in [0.25, 0.3) is 11.0 Å². The van der Waals surface area contributed by atoms with Gasteiger partial charge in [-0.05, 0) is 24.3 Å². The van der Waals surface area contributed by atoms with Gasteiger partial charge in [0.2, 0.25) is 11.6 Å². The van der Waals surface area contributed by atoms with Gasteiger partial charge in [-0.3, -0.25) is 19.7 Å². The number of nitro groups is 1. The molecule has 0 saturated heterocycles. The molecule has 0 amide bonds. The van der Waals surface area contributed by atoms with E-state index in [4.69, 9.17) is 4.52 Å². The summed E-state index contributed by atoms with van der Waals surface area (Å²) >= 11 is 0. The van der Waals surface area contributed by atoms with Crippen molar-refractivity contribution in [3.63, 3.8) is 0 Å². The predicted molar refractivity (Wildman–Crippen MR) is 97.2 cm³/mol. The Morgan fingerprint density at radius 3 is 2.46 bits per heavy atom. The van der Waals surface area contributed by atoms with Crippen molar-refractivity contribution in [3.05, 3.63) is 87.6 Å². The molecule has 0 radical (unpaired) electrons. The average molecular weight is 376 g/mol. The fourth-order valence-corrected chi connectivity index (χ4v) is 2.90. The molecule has 0 fully saturated rings. The number of carbonyl (C=O) groups excluding carboxylic acids is 2. The molecule has 2 heterocycles. The number of fused-ring (bicyclic) bond motifs is 1. The minimum absolute atomic E-state index is 0.0261. The van der Waals surface area contributed by atoms with Crippen molar-refractivity contribution in [2.24, 2.45) is 7.05 Å². The Labute approximate surface area is 157 Å². The summed E-state index contributed by atoms with van der Waals surface area (Å²) in [5, 5.41) is 14.4. The molecule has 0 aliphatic carbocycles. The van der Waals surface area contributed by atoms with E-state index in [2.05, 4.69) is 10.1 Å². The smallest absolute Gasteiger partial charge is 0.269 e. The number of aromatic nitrogens is 3. The summed E-state index contributed by atoms with van der Waals surface area (Å²) in [4.78, 5) is 40.2. The van der Waals surface area contributed by atoms with Crippen molar-refractivity contribution < 1.29 is 19.0 Å². The van der Waals surface area contributed by atoms with Gasteiger partial charge in [-0.15, -0.1) is 0 Å². The third kappa shape index (κ3) is 2.75. The minimum Gasteiger partial charge on any atom is -0.363 e. The Bertz CT molecular complexity index is 1240. The standard InChI is InChI=1S/C19H12N4O5/c1-22-15-5-3-2-4-14(15)20-19(22)18(25)13-10-28-21-16(13)17(24)11-6-8-12(9-7-11)23(26)27/h2-10H,1H3. The summed E-state index contributed by atoms with van der Waals surface area (Å²) in [6.07, 6.45) is 1.10. The number of nitro benzene ring substituents is 1. The van der Waals surface area contributed by atoms with Gasteiger partial charge in [0.15, 0.2) is 11.5 Å². The molecule has 4 aromatic rings. The van der Waals surface area contributed by atoms with E-state index in [-0.39, 0.29) is 28.3 Å². The van der Waals surface area contributed by atoms with Gasteiger partial charge in [-0.25, -0.2) is 4.98 Å². The molecular formula is C19H12N4O5. The van der Waals surface area contributed by atoms with Gasteiger partial charge in [0.1, 0.15) is 6.26 Å². The van der Waals surface area contributed by atoms with Crippen LogP contribution in [0.15, 0.2) is 59.3 Å². The number of nitrogens with zero attached hydrogens (tertiary/aromatic N) is 4. The molecule has 0 aliphatic rings. The lowest BCUT2D eigenvalue weighted by Crippen LogP contribution is -2.13. The number of rotatable bonds is 5. The first kappa shape index (κ1) is 17.3. The molecule has 0 atom stereocenters. The van der Waals surface area contributed by atoms with E-state index in [1.54, 1.807) is 17.7 Å². The summed E-state index contributed by atoms with van der Waals surface area (Å²) < 4.78 is 6.50. The lowest BCUT2D eigenvalue weighted by molar-refractivity contribution is -0.384. The number of para-hydroxylation sites is 2. The molecule has 0 N–H and O–H groups in total. The first-order chi connectivity index (χ1) is 13.5. The molecule has 0 spiro atoms. The van der Waals surface area contributed by atoms with Crippen molar-refractivity contribution in [3.8, 4) is 0 Å². The lowest BCUT2D eigenvalue weighted by atomic mass is 10.0. The van der Waals surface area contributed by atoms with Crippen LogP contribution in [0.4, 0.5) is 5.69 Å². The van der Waals surface area contributed by atoms with Crippen molar-refractivity contribution in [2.75, 3.05) is 0 Å². The highest BCUT2D eigenvalue weighted by molar-refractivity contribution is 6.18. The molecule has 2 aromatic heterocycles. The third-order valence-electron chi connectivity index (χ3n) is 4.36. The SMILES string of the molecule is Cn1c(C(=O)c2conc2C(=O)c2ccc([N+](=O)[O-])cc2)nc2ccccc21. The summed E-state index contributed by atoms with van der Waals surface area (Å²) in [7, 11) is 1.70. The van der Waals surface area contributed by atoms with E-state index in [1.807, 2.05) is 18.2 Å². The normalized spacial score (nSPS) is 10.9. The van der Waals surface area contributed by atoms with Crippen LogP contribution < -0.4 is 0 Å². The Hall–Kier alpha value is -4.14. The van der Waals surface area contributed by atoms with Crippen molar-refractivity contribution in [2.45, 2.75) is 0 Å². The zero-order valence-electron chi connectivity index (χ0n) is 14.5. The summed E-state index contributed by atoms with van der Waals surface area (Å²) in [5.74, 6) is -0.946. The number of non-ortho nitro benzene ring substituents is 1. The zero-order chi connectivity index (χ0) is 19.8. The average Bonchev–Trinajstić information content (AvgIpc) is 3.32. The van der Waals surface area contributed by atoms with Crippen molar-refractivity contribution >= 4 is 28.3 Å². The quantitative estimate of drug-likeness (QED) is 0.298. The number of benzene rings is 2. The van der Waals surface area contributed by atoms with E-state index < -0.39 is 16.5 Å². The number of imidazole rings is 1. The maximum atomic E-state index is 13.0. The van der Waals surface area contributed by atoms with Gasteiger partial charge in [0.05, 0.1) is 21.5 Å². The maximum Gasteiger partial charge on any atom is 0.269 e. The second kappa shape index (κ2) is 6.54. The molecule has 9 heteroatoms. The Balaban J connectivity index is 1.72. The molecule has 2 aromatic carbocycles. The summed E-state index contributed by atoms with van der Waals surface area (Å²) in [5.41, 5.74) is 1.22. The topological polar surface area (TPSA) is 121 Å². The van der Waals surface area contributed by atoms with Gasteiger partial charge in [-0.2, -0.15) is 0 Å². The van der Waals surface area contributed by atoms with Crippen LogP contribution in [0.1, 0.15) is 32.2 Å². The number of carbonyl (C=O) groups is 2. The second-order valence-corrected chi connectivity index (χ2v) is 6.02. The number of ketones is 2. The number of aryl methyl sites for hydroxylation is 1. The van der Waals surface area contributed by atoms with Gasteiger partial charge >= 0.3 is 0 Å². The molecule has 0 aliphatic heterocycles. The van der Waals surface area contributed by atoms with Gasteiger partial charge in [-0.1, -0.05) is 17.3 Å². The summed E-state index contributed by atoms with van der Waals surface area (Å²) in [6, 6.07) is 12.3. The first-order valence-corrected chi connectivity index (χ1v) is 8.17. The first-order valence-electron chi connectivity index (χ1n) is 8.17. The highest BCUT2D eigenvalue weighted by atomic mass is 16.6. The molecule has 4 rings (SSSR count). The van der Waals surface area contributed by atoms with E-state index in [0.29, 0.717) is 5.52 Å². The summed E-state index contributed by atoms with van der Waals surface area (Å²) in [6.45, 7) is 0. The van der Waals surface area contributed by atoms with Crippen LogP contribution in [-0.4, -0.2) is 31.2 Å². The monoisotopic (exact) mass is 376 g/mol. The van der Waals surface area contributed by atoms with Crippen molar-refractivity contribution in [1.29, 1.82) is 0 Å². The Kier molecular flexibility index (Phi) is 4.04. The molecule has 0 unspecified atom stereocenters. The lowest BCUT2D eigenvalue weighted by Gasteiger charge is -2.02. The molecule has 0 saturated carbocycles. The van der Waals surface area contributed by atoms with Crippen LogP contribution in [0.5, 0.6) is 0 Å². The molecule has 138 valence electrons. The molecule has 9 nitrogen and oxygen atoms in total. The van der Waals surface area contributed by atoms with Gasteiger partial charge in [0, 0.05) is 24.7 Å². The van der Waals surface area contributed by atoms with E-state index >= 15 is 0 Å². The minimum atomic E-state index is -0.578. The van der Waals surface area contributed by atoms with Crippen LogP contribution in [-0.2, 0) is 7.05 Å². The van der Waals surface area contributed by atoms with Crippen LogP contribution >= 0.6 is 0 Å². The highest BCUT2D eigenvalue weighted by Gasteiger charge is 2.27. The molecular weight excluding hydrogens is 364 g/mol. The van der Waals surface area contributed by atoms with E-state index in [1.165, 1.54) is 24.3 Å². The van der Waals surface area contributed by atoms with Crippen LogP contribution in [0.2, 0.25) is 0 Å². The molecule has 28 heavy (non-hydrogen) atoms. The maximum absolute atomic E-state index is 13.0. The Morgan fingerprint density at radius 1 is 1.07 bits per heavy atom. The van der Waals surface area contributed by atoms with E-state index in [0.717, 1.165) is 11.8 Å². The number of hydrogen-bond acceptors (Lipinski definition) is 7. The fraction of sp³-hybridized carbons (Fsp3) is 0.0526. The predicted octanol–water partition coefficient (Wildman–Crippen LogP) is 2.93.